The third kappa shape index (κ3) is 3.18. The SMILES string of the molecule is CC(=O)Nc1ccccc1Oc1ccnc(Cl)n1. The lowest BCUT2D eigenvalue weighted by Crippen LogP contribution is -2.06. The van der Waals surface area contributed by atoms with E-state index in [-0.39, 0.29) is 11.2 Å². The first-order valence-electron chi connectivity index (χ1n) is 5.18. The predicted octanol–water partition coefficient (Wildman–Crippen LogP) is 2.88. The lowest BCUT2D eigenvalue weighted by atomic mass is 10.3. The van der Waals surface area contributed by atoms with E-state index in [2.05, 4.69) is 15.3 Å². The molecule has 0 unspecified atom stereocenters. The Labute approximate surface area is 109 Å². The predicted molar refractivity (Wildman–Crippen MR) is 67.9 cm³/mol. The number of anilines is 1. The van der Waals surface area contributed by atoms with Crippen molar-refractivity contribution in [3.05, 3.63) is 41.8 Å². The van der Waals surface area contributed by atoms with Crippen molar-refractivity contribution in [2.75, 3.05) is 5.32 Å². The third-order valence-corrected chi connectivity index (χ3v) is 2.20. The fourth-order valence-electron chi connectivity index (χ4n) is 1.34. The van der Waals surface area contributed by atoms with Crippen LogP contribution in [0.25, 0.3) is 0 Å². The van der Waals surface area contributed by atoms with Crippen LogP contribution in [0.1, 0.15) is 6.92 Å². The van der Waals surface area contributed by atoms with Gasteiger partial charge in [0.2, 0.25) is 17.1 Å². The van der Waals surface area contributed by atoms with Gasteiger partial charge in [0.25, 0.3) is 0 Å². The number of benzene rings is 1. The van der Waals surface area contributed by atoms with Gasteiger partial charge < -0.3 is 10.1 Å². The summed E-state index contributed by atoms with van der Waals surface area (Å²) in [5.41, 5.74) is 0.569. The second-order valence-corrected chi connectivity index (χ2v) is 3.78. The zero-order chi connectivity index (χ0) is 13.0. The van der Waals surface area contributed by atoms with Gasteiger partial charge in [0.1, 0.15) is 0 Å². The van der Waals surface area contributed by atoms with Crippen molar-refractivity contribution in [2.24, 2.45) is 0 Å². The monoisotopic (exact) mass is 263 g/mol. The highest BCUT2D eigenvalue weighted by molar-refractivity contribution is 6.28. The Morgan fingerprint density at radius 3 is 2.83 bits per heavy atom. The van der Waals surface area contributed by atoms with Crippen LogP contribution in [-0.4, -0.2) is 15.9 Å². The number of aromatic nitrogens is 2. The molecular weight excluding hydrogens is 254 g/mol. The van der Waals surface area contributed by atoms with Crippen molar-refractivity contribution in [3.8, 4) is 11.6 Å². The molecule has 2 aromatic rings. The van der Waals surface area contributed by atoms with Crippen molar-refractivity contribution in [1.29, 1.82) is 0 Å². The summed E-state index contributed by atoms with van der Waals surface area (Å²) in [5, 5.41) is 2.77. The molecule has 0 radical (unpaired) electrons. The molecule has 1 aromatic carbocycles. The van der Waals surface area contributed by atoms with Crippen LogP contribution in [0.15, 0.2) is 36.5 Å². The summed E-state index contributed by atoms with van der Waals surface area (Å²) in [7, 11) is 0. The summed E-state index contributed by atoms with van der Waals surface area (Å²) < 4.78 is 5.54. The van der Waals surface area contributed by atoms with Crippen LogP contribution in [0.2, 0.25) is 5.28 Å². The first-order valence-corrected chi connectivity index (χ1v) is 5.56. The number of hydrogen-bond acceptors (Lipinski definition) is 4. The largest absolute Gasteiger partial charge is 0.437 e. The van der Waals surface area contributed by atoms with Gasteiger partial charge in [-0.05, 0) is 23.7 Å². The number of para-hydroxylation sites is 2. The molecule has 0 spiro atoms. The quantitative estimate of drug-likeness (QED) is 0.865. The number of nitrogens with zero attached hydrogens (tertiary/aromatic N) is 2. The van der Waals surface area contributed by atoms with Gasteiger partial charge in [-0.15, -0.1) is 0 Å². The number of carbonyl (C=O) groups excluding carboxylic acids is 1. The maximum atomic E-state index is 11.1. The van der Waals surface area contributed by atoms with E-state index >= 15 is 0 Å². The van der Waals surface area contributed by atoms with Gasteiger partial charge in [0.15, 0.2) is 5.75 Å². The molecular formula is C12H10ClN3O2. The van der Waals surface area contributed by atoms with Crippen molar-refractivity contribution in [2.45, 2.75) is 6.92 Å². The molecule has 1 amide bonds. The number of carbonyl (C=O) groups is 1. The highest BCUT2D eigenvalue weighted by Crippen LogP contribution is 2.28. The zero-order valence-electron chi connectivity index (χ0n) is 9.55. The summed E-state index contributed by atoms with van der Waals surface area (Å²) in [6.45, 7) is 1.43. The van der Waals surface area contributed by atoms with Gasteiger partial charge in [-0.3, -0.25) is 4.79 Å². The Bertz CT molecular complexity index is 575. The van der Waals surface area contributed by atoms with Gasteiger partial charge in [-0.2, -0.15) is 4.98 Å². The topological polar surface area (TPSA) is 64.1 Å². The highest BCUT2D eigenvalue weighted by atomic mass is 35.5. The standard InChI is InChI=1S/C12H10ClN3O2/c1-8(17)15-9-4-2-3-5-10(9)18-11-6-7-14-12(13)16-11/h2-7H,1H3,(H,15,17). The number of rotatable bonds is 3. The molecule has 92 valence electrons. The number of nitrogens with one attached hydrogen (secondary N) is 1. The molecule has 0 bridgehead atoms. The average Bonchev–Trinajstić information content (AvgIpc) is 2.31. The van der Waals surface area contributed by atoms with E-state index in [1.165, 1.54) is 13.1 Å². The summed E-state index contributed by atoms with van der Waals surface area (Å²) in [5.74, 6) is 0.627. The van der Waals surface area contributed by atoms with Crippen LogP contribution >= 0.6 is 11.6 Å². The minimum atomic E-state index is -0.174. The van der Waals surface area contributed by atoms with E-state index in [9.17, 15) is 4.79 Å². The number of ether oxygens (including phenoxy) is 1. The Morgan fingerprint density at radius 1 is 1.33 bits per heavy atom. The first-order chi connectivity index (χ1) is 8.65. The minimum Gasteiger partial charge on any atom is -0.437 e. The second kappa shape index (κ2) is 5.46. The molecule has 0 aliphatic rings. The van der Waals surface area contributed by atoms with Crippen molar-refractivity contribution < 1.29 is 9.53 Å². The first kappa shape index (κ1) is 12.3. The Kier molecular flexibility index (Phi) is 3.74. The third-order valence-electron chi connectivity index (χ3n) is 2.01. The molecule has 0 atom stereocenters. The van der Waals surface area contributed by atoms with Crippen LogP contribution in [0.3, 0.4) is 0 Å². The average molecular weight is 264 g/mol. The van der Waals surface area contributed by atoms with Gasteiger partial charge >= 0.3 is 0 Å². The smallest absolute Gasteiger partial charge is 0.225 e. The fraction of sp³-hybridized carbons (Fsp3) is 0.0833. The lowest BCUT2D eigenvalue weighted by Gasteiger charge is -2.10. The zero-order valence-corrected chi connectivity index (χ0v) is 10.3. The van der Waals surface area contributed by atoms with Crippen molar-refractivity contribution >= 4 is 23.2 Å². The van der Waals surface area contributed by atoms with Crippen molar-refractivity contribution in [3.63, 3.8) is 0 Å². The Balaban J connectivity index is 2.26. The van der Waals surface area contributed by atoms with Crippen LogP contribution in [0.5, 0.6) is 11.6 Å². The molecule has 0 saturated heterocycles. The molecule has 18 heavy (non-hydrogen) atoms. The maximum absolute atomic E-state index is 11.1. The van der Waals surface area contributed by atoms with Crippen LogP contribution in [0, 0.1) is 0 Å². The Hall–Kier alpha value is -2.14. The number of halogens is 1. The van der Waals surface area contributed by atoms with Gasteiger partial charge in [-0.1, -0.05) is 12.1 Å². The van der Waals surface area contributed by atoms with E-state index in [4.69, 9.17) is 16.3 Å². The molecule has 5 nitrogen and oxygen atoms in total. The number of hydrogen-bond donors (Lipinski definition) is 1. The lowest BCUT2D eigenvalue weighted by molar-refractivity contribution is -0.114. The number of amides is 1. The van der Waals surface area contributed by atoms with E-state index in [1.807, 2.05) is 0 Å². The summed E-state index contributed by atoms with van der Waals surface area (Å²) in [4.78, 5) is 18.7. The van der Waals surface area contributed by atoms with E-state index in [0.717, 1.165) is 0 Å². The molecule has 0 aliphatic carbocycles. The summed E-state index contributed by atoms with van der Waals surface area (Å²) in [6.07, 6.45) is 1.49. The summed E-state index contributed by atoms with van der Waals surface area (Å²) in [6, 6.07) is 8.63. The normalized spacial score (nSPS) is 9.89. The van der Waals surface area contributed by atoms with E-state index < -0.39 is 0 Å². The molecule has 0 aliphatic heterocycles. The molecule has 1 heterocycles. The second-order valence-electron chi connectivity index (χ2n) is 3.44. The van der Waals surface area contributed by atoms with Crippen molar-refractivity contribution in [1.82, 2.24) is 9.97 Å². The van der Waals surface area contributed by atoms with Gasteiger partial charge in [0.05, 0.1) is 5.69 Å². The van der Waals surface area contributed by atoms with Crippen LogP contribution in [0.4, 0.5) is 5.69 Å². The molecule has 1 aromatic heterocycles. The van der Waals surface area contributed by atoms with Gasteiger partial charge in [0, 0.05) is 19.2 Å². The summed E-state index contributed by atoms with van der Waals surface area (Å²) >= 11 is 5.66. The molecule has 2 rings (SSSR count). The molecule has 0 saturated carbocycles. The fourth-order valence-corrected chi connectivity index (χ4v) is 1.48. The highest BCUT2D eigenvalue weighted by Gasteiger charge is 2.06. The van der Waals surface area contributed by atoms with Gasteiger partial charge in [-0.25, -0.2) is 4.98 Å². The van der Waals surface area contributed by atoms with E-state index in [0.29, 0.717) is 17.3 Å². The minimum absolute atomic E-state index is 0.101. The molecule has 0 fully saturated rings. The van der Waals surface area contributed by atoms with Crippen LogP contribution in [-0.2, 0) is 4.79 Å². The van der Waals surface area contributed by atoms with E-state index in [1.54, 1.807) is 30.3 Å². The van der Waals surface area contributed by atoms with Crippen LogP contribution < -0.4 is 10.1 Å². The Morgan fingerprint density at radius 2 is 2.11 bits per heavy atom. The molecule has 6 heteroatoms. The molecule has 1 N–H and O–H groups in total. The maximum Gasteiger partial charge on any atom is 0.225 e.